The predicted molar refractivity (Wildman–Crippen MR) is 112 cm³/mol. The van der Waals surface area contributed by atoms with Gasteiger partial charge < -0.3 is 29.5 Å². The Morgan fingerprint density at radius 3 is 2.52 bits per heavy atom. The van der Waals surface area contributed by atoms with E-state index in [1.807, 2.05) is 0 Å². The van der Waals surface area contributed by atoms with Crippen LogP contribution in [0, 0.1) is 40.4 Å². The molecule has 1 saturated heterocycles. The highest BCUT2D eigenvalue weighted by atomic mass is 16.5. The van der Waals surface area contributed by atoms with Gasteiger partial charge in [0.1, 0.15) is 0 Å². The predicted octanol–water partition coefficient (Wildman–Crippen LogP) is 0.502. The SMILES string of the molecule is CCN1C[C@]2(COC)CCC(O)C34C5C[C@H]6C(O)C5[C@](O)(C[C@@H]6OC)C(C(OC)C32)C14. The van der Waals surface area contributed by atoms with Gasteiger partial charge in [0.15, 0.2) is 0 Å². The number of piperidine rings is 1. The van der Waals surface area contributed by atoms with Gasteiger partial charge in [-0.3, -0.25) is 4.90 Å². The van der Waals surface area contributed by atoms with Crippen molar-refractivity contribution in [2.75, 3.05) is 41.0 Å². The monoisotopic (exact) mass is 437 g/mol. The average molecular weight is 438 g/mol. The maximum atomic E-state index is 12.5. The molecule has 3 N–H and O–H groups in total. The molecular formula is C24H39NO6. The van der Waals surface area contributed by atoms with E-state index in [9.17, 15) is 15.3 Å². The lowest BCUT2D eigenvalue weighted by atomic mass is 9.43. The molecule has 13 atom stereocenters. The number of hydrogen-bond acceptors (Lipinski definition) is 7. The molecular weight excluding hydrogens is 398 g/mol. The van der Waals surface area contributed by atoms with Crippen molar-refractivity contribution in [3.8, 4) is 0 Å². The molecule has 6 fully saturated rings. The van der Waals surface area contributed by atoms with Gasteiger partial charge in [-0.25, -0.2) is 0 Å². The minimum atomic E-state index is -1.05. The first-order chi connectivity index (χ1) is 14.9. The van der Waals surface area contributed by atoms with E-state index in [1.54, 1.807) is 21.3 Å². The molecule has 0 aromatic carbocycles. The number of aliphatic hydroxyl groups excluding tert-OH is 2. The summed E-state index contributed by atoms with van der Waals surface area (Å²) in [5.74, 6) is -0.168. The molecule has 1 heterocycles. The molecule has 6 rings (SSSR count). The van der Waals surface area contributed by atoms with Crippen LogP contribution in [-0.4, -0.2) is 97.3 Å². The zero-order valence-corrected chi connectivity index (χ0v) is 19.2. The first-order valence-corrected chi connectivity index (χ1v) is 12.2. The van der Waals surface area contributed by atoms with Crippen molar-refractivity contribution in [2.24, 2.45) is 40.4 Å². The van der Waals surface area contributed by atoms with E-state index in [-0.39, 0.29) is 58.7 Å². The first-order valence-electron chi connectivity index (χ1n) is 12.2. The van der Waals surface area contributed by atoms with E-state index < -0.39 is 17.8 Å². The van der Waals surface area contributed by atoms with Crippen LogP contribution in [-0.2, 0) is 14.2 Å². The third kappa shape index (κ3) is 2.12. The Hall–Kier alpha value is -0.280. The Morgan fingerprint density at radius 1 is 1.10 bits per heavy atom. The first kappa shape index (κ1) is 21.3. The van der Waals surface area contributed by atoms with Crippen LogP contribution < -0.4 is 0 Å². The summed E-state index contributed by atoms with van der Waals surface area (Å²) in [4.78, 5) is 2.52. The Bertz CT molecular complexity index is 752. The second-order valence-electron chi connectivity index (χ2n) is 11.6. The Kier molecular flexibility index (Phi) is 4.56. The van der Waals surface area contributed by atoms with Crippen molar-refractivity contribution in [1.29, 1.82) is 0 Å². The molecule has 1 aliphatic heterocycles. The number of rotatable bonds is 5. The van der Waals surface area contributed by atoms with Crippen LogP contribution in [0.15, 0.2) is 0 Å². The van der Waals surface area contributed by atoms with Gasteiger partial charge >= 0.3 is 0 Å². The van der Waals surface area contributed by atoms with Gasteiger partial charge in [-0.1, -0.05) is 6.92 Å². The second kappa shape index (κ2) is 6.65. The highest BCUT2D eigenvalue weighted by molar-refractivity contribution is 5.35. The lowest BCUT2D eigenvalue weighted by Crippen LogP contribution is -2.76. The smallest absolute Gasteiger partial charge is 0.0796 e. The molecule has 31 heavy (non-hydrogen) atoms. The number of likely N-dealkylation sites (tertiary alicyclic amines) is 1. The van der Waals surface area contributed by atoms with Crippen LogP contribution >= 0.6 is 0 Å². The fourth-order valence-corrected chi connectivity index (χ4v) is 10.7. The summed E-state index contributed by atoms with van der Waals surface area (Å²) in [6.45, 7) is 4.63. The molecule has 176 valence electrons. The maximum Gasteiger partial charge on any atom is 0.0796 e. The van der Waals surface area contributed by atoms with Gasteiger partial charge in [-0.2, -0.15) is 0 Å². The Morgan fingerprint density at radius 2 is 1.87 bits per heavy atom. The average Bonchev–Trinajstić information content (AvgIpc) is 3.16. The molecule has 7 bridgehead atoms. The molecule has 7 heteroatoms. The van der Waals surface area contributed by atoms with Crippen molar-refractivity contribution in [1.82, 2.24) is 4.90 Å². The number of fused-ring (bicyclic) bond motifs is 2. The lowest BCUT2D eigenvalue weighted by molar-refractivity contribution is -0.272. The largest absolute Gasteiger partial charge is 0.392 e. The normalized spacial score (nSPS) is 61.6. The van der Waals surface area contributed by atoms with Crippen molar-refractivity contribution in [3.05, 3.63) is 0 Å². The second-order valence-corrected chi connectivity index (χ2v) is 11.6. The van der Waals surface area contributed by atoms with E-state index in [2.05, 4.69) is 11.8 Å². The summed E-state index contributed by atoms with van der Waals surface area (Å²) >= 11 is 0. The molecule has 0 amide bonds. The molecule has 0 radical (unpaired) electrons. The third-order valence-corrected chi connectivity index (χ3v) is 11.1. The van der Waals surface area contributed by atoms with Gasteiger partial charge in [0, 0.05) is 74.8 Å². The van der Waals surface area contributed by atoms with E-state index in [1.165, 1.54) is 0 Å². The molecule has 0 aromatic heterocycles. The van der Waals surface area contributed by atoms with E-state index in [0.29, 0.717) is 13.0 Å². The van der Waals surface area contributed by atoms with Gasteiger partial charge in [0.2, 0.25) is 0 Å². The molecule has 0 aromatic rings. The van der Waals surface area contributed by atoms with Crippen molar-refractivity contribution in [2.45, 2.75) is 68.7 Å². The number of methoxy groups -OCH3 is 3. The number of hydrogen-bond donors (Lipinski definition) is 3. The van der Waals surface area contributed by atoms with Gasteiger partial charge in [-0.15, -0.1) is 0 Å². The van der Waals surface area contributed by atoms with Crippen LogP contribution in [0.2, 0.25) is 0 Å². The summed E-state index contributed by atoms with van der Waals surface area (Å²) in [5.41, 5.74) is -1.54. The fourth-order valence-electron chi connectivity index (χ4n) is 10.7. The minimum Gasteiger partial charge on any atom is -0.392 e. The quantitative estimate of drug-likeness (QED) is 0.577. The summed E-state index contributed by atoms with van der Waals surface area (Å²) in [5, 5.41) is 35.7. The van der Waals surface area contributed by atoms with Gasteiger partial charge in [-0.05, 0) is 31.7 Å². The highest BCUT2D eigenvalue weighted by Crippen LogP contribution is 2.79. The van der Waals surface area contributed by atoms with E-state index in [0.717, 1.165) is 32.4 Å². The van der Waals surface area contributed by atoms with Gasteiger partial charge in [0.25, 0.3) is 0 Å². The number of ether oxygens (including phenoxy) is 3. The van der Waals surface area contributed by atoms with Gasteiger partial charge in [0.05, 0.1) is 36.6 Å². The van der Waals surface area contributed by atoms with Crippen molar-refractivity contribution < 1.29 is 29.5 Å². The van der Waals surface area contributed by atoms with Crippen LogP contribution in [0.3, 0.4) is 0 Å². The highest BCUT2D eigenvalue weighted by Gasteiger charge is 2.86. The lowest BCUT2D eigenvalue weighted by Gasteiger charge is -2.68. The topological polar surface area (TPSA) is 91.6 Å². The fraction of sp³-hybridized carbons (Fsp3) is 1.00. The molecule has 7 nitrogen and oxygen atoms in total. The van der Waals surface area contributed by atoms with Crippen LogP contribution in [0.4, 0.5) is 0 Å². The Balaban J connectivity index is 1.62. The summed E-state index contributed by atoms with van der Waals surface area (Å²) < 4.78 is 18.0. The molecule has 5 aliphatic carbocycles. The standard InChI is InChI=1S/C24H39NO6/c1-5-25-10-22(11-29-2)7-6-15(26)24-13-8-12-14(30-3)9-23(28,16(13)18(12)27)17(21(24)25)19(31-4)20(22)24/h12-21,26-28H,5-11H2,1-4H3/t12-,13?,14+,15?,16?,17?,18?,19?,20?,21?,22+,23-,24?/m1/s1. The van der Waals surface area contributed by atoms with Crippen molar-refractivity contribution >= 4 is 0 Å². The van der Waals surface area contributed by atoms with E-state index in [4.69, 9.17) is 14.2 Å². The summed E-state index contributed by atoms with van der Waals surface area (Å²) in [6.07, 6.45) is 1.65. The van der Waals surface area contributed by atoms with Crippen LogP contribution in [0.5, 0.6) is 0 Å². The van der Waals surface area contributed by atoms with Crippen molar-refractivity contribution in [3.63, 3.8) is 0 Å². The zero-order valence-electron chi connectivity index (χ0n) is 19.2. The Labute approximate surface area is 185 Å². The molecule has 1 spiro atoms. The minimum absolute atomic E-state index is 0.0248. The summed E-state index contributed by atoms with van der Waals surface area (Å²) in [7, 11) is 5.24. The molecule has 5 saturated carbocycles. The maximum absolute atomic E-state index is 12.5. The van der Waals surface area contributed by atoms with E-state index >= 15 is 0 Å². The number of nitrogens with zero attached hydrogens (tertiary/aromatic N) is 1. The molecule has 6 aliphatic rings. The molecule has 9 unspecified atom stereocenters. The third-order valence-electron chi connectivity index (χ3n) is 11.1. The van der Waals surface area contributed by atoms with Crippen LogP contribution in [0.25, 0.3) is 0 Å². The van der Waals surface area contributed by atoms with Crippen LogP contribution in [0.1, 0.15) is 32.6 Å². The summed E-state index contributed by atoms with van der Waals surface area (Å²) in [6, 6.07) is 0.0561. The number of aliphatic hydroxyl groups is 3. The zero-order chi connectivity index (χ0) is 21.9.